The lowest BCUT2D eigenvalue weighted by Crippen LogP contribution is -2.35. The van der Waals surface area contributed by atoms with Crippen molar-refractivity contribution < 1.29 is 13.2 Å². The number of aromatic amines is 1. The first-order valence-electron chi connectivity index (χ1n) is 16.2. The van der Waals surface area contributed by atoms with E-state index in [1.807, 2.05) is 42.5 Å². The molecule has 0 saturated carbocycles. The summed E-state index contributed by atoms with van der Waals surface area (Å²) in [5.41, 5.74) is 7.24. The number of rotatable bonds is 10. The van der Waals surface area contributed by atoms with Crippen molar-refractivity contribution >= 4 is 50.2 Å². The van der Waals surface area contributed by atoms with E-state index >= 15 is 0 Å². The van der Waals surface area contributed by atoms with Crippen LogP contribution in [0.1, 0.15) is 46.7 Å². The van der Waals surface area contributed by atoms with Crippen molar-refractivity contribution in [3.8, 4) is 22.4 Å². The molecule has 7 rings (SSSR count). The zero-order valence-electron chi connectivity index (χ0n) is 26.7. The van der Waals surface area contributed by atoms with Crippen LogP contribution in [-0.4, -0.2) is 75.7 Å². The number of aryl methyl sites for hydroxylation is 1. The quantitative estimate of drug-likeness (QED) is 0.181. The maximum Gasteiger partial charge on any atom is 0.251 e. The number of halogens is 2. The van der Waals surface area contributed by atoms with Gasteiger partial charge in [0, 0.05) is 64.0 Å². The maximum atomic E-state index is 13.2. The summed E-state index contributed by atoms with van der Waals surface area (Å²) in [7, 11) is -3.37. The fraction of sp³-hybridized carbons (Fsp3) is 0.343. The second-order valence-electron chi connectivity index (χ2n) is 12.5. The smallest absolute Gasteiger partial charge is 0.251 e. The molecule has 4 heterocycles. The number of carbonyl (C=O) groups is 1. The van der Waals surface area contributed by atoms with Gasteiger partial charge >= 0.3 is 0 Å². The summed E-state index contributed by atoms with van der Waals surface area (Å²) in [6.07, 6.45) is 5.36. The van der Waals surface area contributed by atoms with Crippen LogP contribution in [0.3, 0.4) is 0 Å². The highest BCUT2D eigenvalue weighted by Crippen LogP contribution is 2.36. The third-order valence-electron chi connectivity index (χ3n) is 9.20. The molecule has 0 spiro atoms. The predicted molar refractivity (Wildman–Crippen MR) is 190 cm³/mol. The summed E-state index contributed by atoms with van der Waals surface area (Å²) >= 11 is 12.9. The molecule has 0 unspecified atom stereocenters. The number of aromatic nitrogens is 4. The molecular weight excluding hydrogens is 669 g/mol. The molecule has 2 aromatic heterocycles. The van der Waals surface area contributed by atoms with E-state index < -0.39 is 10.0 Å². The molecule has 1 fully saturated rings. The molecule has 3 aromatic carbocycles. The Morgan fingerprint density at radius 2 is 1.81 bits per heavy atom. The van der Waals surface area contributed by atoms with Gasteiger partial charge in [-0.3, -0.25) is 9.48 Å². The number of hydrogen-bond donors (Lipinski definition) is 2. The topological polar surface area (TPSA) is 116 Å². The number of imidazole rings is 1. The van der Waals surface area contributed by atoms with Crippen LogP contribution in [0.5, 0.6) is 0 Å². The Morgan fingerprint density at radius 1 is 0.979 bits per heavy atom. The van der Waals surface area contributed by atoms with Gasteiger partial charge in [0.15, 0.2) is 0 Å². The van der Waals surface area contributed by atoms with Crippen molar-refractivity contribution in [2.75, 3.05) is 32.4 Å². The molecule has 1 amide bonds. The van der Waals surface area contributed by atoms with Crippen LogP contribution in [0, 0.1) is 0 Å². The van der Waals surface area contributed by atoms with Gasteiger partial charge in [-0.1, -0.05) is 41.4 Å². The van der Waals surface area contributed by atoms with Gasteiger partial charge in [0.1, 0.15) is 5.82 Å². The van der Waals surface area contributed by atoms with Crippen molar-refractivity contribution in [1.82, 2.24) is 34.3 Å². The molecule has 0 radical (unpaired) electrons. The second kappa shape index (κ2) is 13.6. The molecule has 10 nitrogen and oxygen atoms in total. The number of hydrogen-bond acceptors (Lipinski definition) is 6. The lowest BCUT2D eigenvalue weighted by Gasteiger charge is -2.26. The van der Waals surface area contributed by atoms with Crippen molar-refractivity contribution in [2.45, 2.75) is 45.3 Å². The predicted octanol–water partition coefficient (Wildman–Crippen LogP) is 6.13. The van der Waals surface area contributed by atoms with Gasteiger partial charge < -0.3 is 15.2 Å². The Hall–Kier alpha value is -3.74. The van der Waals surface area contributed by atoms with E-state index in [0.717, 1.165) is 77.3 Å². The summed E-state index contributed by atoms with van der Waals surface area (Å²) in [6.45, 7) is 5.05. The number of sulfonamides is 1. The van der Waals surface area contributed by atoms with E-state index in [9.17, 15) is 13.2 Å². The van der Waals surface area contributed by atoms with Crippen LogP contribution in [0.4, 0.5) is 0 Å². The number of fused-ring (bicyclic) bond motifs is 2. The van der Waals surface area contributed by atoms with E-state index in [4.69, 9.17) is 28.3 Å². The molecule has 1 saturated heterocycles. The second-order valence-corrected chi connectivity index (χ2v) is 15.4. The average Bonchev–Trinajstić information content (AvgIpc) is 3.82. The number of likely N-dealkylation sites (tertiary alicyclic amines) is 1. The first kappa shape index (κ1) is 32.8. The number of nitrogens with one attached hydrogen (secondary N) is 2. The molecule has 2 aliphatic rings. The lowest BCUT2D eigenvalue weighted by molar-refractivity contribution is 0.0950. The SMILES string of the molecule is CS(=O)(=O)N1CCc2c(c(-c3ccc(Cl)c(-c4cccc(C(=O)NCc5nc6ccc(Cl)cc6[nH]5)c4)c3)nn2CCCN2CCCC2)C1. The highest BCUT2D eigenvalue weighted by Gasteiger charge is 2.30. The largest absolute Gasteiger partial charge is 0.345 e. The van der Waals surface area contributed by atoms with Gasteiger partial charge in [-0.2, -0.15) is 9.40 Å². The minimum atomic E-state index is -3.37. The molecule has 5 aromatic rings. The molecule has 2 N–H and O–H groups in total. The third kappa shape index (κ3) is 7.02. The van der Waals surface area contributed by atoms with E-state index in [2.05, 4.69) is 24.9 Å². The van der Waals surface area contributed by atoms with Crippen molar-refractivity contribution in [1.29, 1.82) is 0 Å². The number of carbonyl (C=O) groups excluding carboxylic acids is 1. The Labute approximate surface area is 290 Å². The average molecular weight is 707 g/mol. The summed E-state index contributed by atoms with van der Waals surface area (Å²) in [5, 5.41) is 9.17. The van der Waals surface area contributed by atoms with Crippen LogP contribution in [-0.2, 0) is 36.1 Å². The summed E-state index contributed by atoms with van der Waals surface area (Å²) in [4.78, 5) is 23.4. The zero-order chi connectivity index (χ0) is 33.4. The standard InChI is InChI=1S/C35H37Cl2N7O3S/c1-48(46,47)43-17-12-32-28(22-43)34(41-44(32)16-5-15-42-13-2-3-14-42)24-8-10-29(37)27(19-24)23-6-4-7-25(18-23)35(45)38-21-33-39-30-11-9-26(36)20-31(30)40-33/h4,6-11,18-20H,2-3,5,12-17,21-22H2,1H3,(H,38,45)(H,39,40). The first-order chi connectivity index (χ1) is 23.1. The van der Waals surface area contributed by atoms with Crippen LogP contribution in [0.15, 0.2) is 60.7 Å². The van der Waals surface area contributed by atoms with E-state index in [0.29, 0.717) is 34.4 Å². The third-order valence-corrected chi connectivity index (χ3v) is 11.0. The monoisotopic (exact) mass is 705 g/mol. The van der Waals surface area contributed by atoms with Crippen LogP contribution >= 0.6 is 23.2 Å². The lowest BCUT2D eigenvalue weighted by atomic mass is 9.97. The fourth-order valence-electron chi connectivity index (χ4n) is 6.72. The van der Waals surface area contributed by atoms with Gasteiger partial charge in [0.05, 0.1) is 29.5 Å². The number of H-pyrrole nitrogens is 1. The van der Waals surface area contributed by atoms with Crippen molar-refractivity contribution in [2.24, 2.45) is 0 Å². The number of amides is 1. The van der Waals surface area contributed by atoms with Gasteiger partial charge in [-0.05, 0) is 86.9 Å². The molecule has 13 heteroatoms. The molecule has 0 bridgehead atoms. The Balaban J connectivity index is 1.14. The van der Waals surface area contributed by atoms with Gasteiger partial charge in [0.2, 0.25) is 10.0 Å². The van der Waals surface area contributed by atoms with Crippen molar-refractivity contribution in [3.63, 3.8) is 0 Å². The van der Waals surface area contributed by atoms with E-state index in [1.54, 1.807) is 18.2 Å². The van der Waals surface area contributed by atoms with E-state index in [1.165, 1.54) is 23.4 Å². The summed E-state index contributed by atoms with van der Waals surface area (Å²) in [5.74, 6) is 0.381. The van der Waals surface area contributed by atoms with Crippen LogP contribution in [0.2, 0.25) is 10.0 Å². The van der Waals surface area contributed by atoms with E-state index in [-0.39, 0.29) is 19.0 Å². The molecule has 48 heavy (non-hydrogen) atoms. The van der Waals surface area contributed by atoms with Crippen LogP contribution < -0.4 is 5.32 Å². The Morgan fingerprint density at radius 3 is 2.62 bits per heavy atom. The van der Waals surface area contributed by atoms with Gasteiger partial charge in [-0.15, -0.1) is 0 Å². The van der Waals surface area contributed by atoms with Crippen LogP contribution in [0.25, 0.3) is 33.4 Å². The highest BCUT2D eigenvalue weighted by atomic mass is 35.5. The molecule has 0 atom stereocenters. The maximum absolute atomic E-state index is 13.2. The molecule has 250 valence electrons. The highest BCUT2D eigenvalue weighted by molar-refractivity contribution is 7.88. The summed E-state index contributed by atoms with van der Waals surface area (Å²) in [6, 6.07) is 18.5. The number of nitrogens with zero attached hydrogens (tertiary/aromatic N) is 5. The fourth-order valence-corrected chi connectivity index (χ4v) is 7.91. The Bertz CT molecular complexity index is 2100. The zero-order valence-corrected chi connectivity index (χ0v) is 29.0. The minimum Gasteiger partial charge on any atom is -0.345 e. The normalized spacial score (nSPS) is 15.6. The number of benzene rings is 3. The Kier molecular flexibility index (Phi) is 9.32. The molecule has 2 aliphatic heterocycles. The first-order valence-corrected chi connectivity index (χ1v) is 18.8. The van der Waals surface area contributed by atoms with Gasteiger partial charge in [-0.25, -0.2) is 13.4 Å². The summed E-state index contributed by atoms with van der Waals surface area (Å²) < 4.78 is 28.7. The minimum absolute atomic E-state index is 0.224. The molecular formula is C35H37Cl2N7O3S. The molecule has 0 aliphatic carbocycles. The van der Waals surface area contributed by atoms with Crippen molar-refractivity contribution in [3.05, 3.63) is 93.4 Å². The van der Waals surface area contributed by atoms with Gasteiger partial charge in [0.25, 0.3) is 5.91 Å².